The number of hydrogen-bond donors (Lipinski definition) is 2. The monoisotopic (exact) mass is 169 g/mol. The molecule has 0 amide bonds. The number of aliphatic hydroxyl groups excluding tert-OH is 1. The van der Waals surface area contributed by atoms with Crippen LogP contribution in [0.2, 0.25) is 0 Å². The molecule has 2 bridgehead atoms. The Morgan fingerprint density at radius 2 is 2.33 bits per heavy atom. The van der Waals surface area contributed by atoms with Crippen molar-refractivity contribution >= 4 is 5.71 Å². The molecule has 12 heavy (non-hydrogen) atoms. The van der Waals surface area contributed by atoms with Crippen molar-refractivity contribution in [3.05, 3.63) is 0 Å². The molecule has 2 rings (SSSR count). The van der Waals surface area contributed by atoms with Gasteiger partial charge in [-0.3, -0.25) is 4.90 Å². The highest BCUT2D eigenvalue weighted by molar-refractivity contribution is 5.86. The zero-order valence-corrected chi connectivity index (χ0v) is 7.27. The SMILES string of the molecule is CN1C2C/C(=N/N)CC1C(O)C2. The molecular formula is C8H15N3O. The van der Waals surface area contributed by atoms with E-state index in [0.29, 0.717) is 6.04 Å². The van der Waals surface area contributed by atoms with Crippen molar-refractivity contribution in [2.75, 3.05) is 7.05 Å². The van der Waals surface area contributed by atoms with Gasteiger partial charge in [-0.2, -0.15) is 5.10 Å². The molecule has 0 aromatic carbocycles. The van der Waals surface area contributed by atoms with Crippen LogP contribution in [0.5, 0.6) is 0 Å². The minimum Gasteiger partial charge on any atom is -0.391 e. The van der Waals surface area contributed by atoms with Gasteiger partial charge in [0.2, 0.25) is 0 Å². The number of hydrazone groups is 1. The number of piperidine rings is 1. The number of fused-ring (bicyclic) bond motifs is 2. The summed E-state index contributed by atoms with van der Waals surface area (Å²) in [7, 11) is 2.07. The molecule has 0 aromatic rings. The van der Waals surface area contributed by atoms with Crippen LogP contribution in [0, 0.1) is 0 Å². The third kappa shape index (κ3) is 1.03. The van der Waals surface area contributed by atoms with E-state index < -0.39 is 0 Å². The summed E-state index contributed by atoms with van der Waals surface area (Å²) in [5.74, 6) is 5.23. The smallest absolute Gasteiger partial charge is 0.0714 e. The van der Waals surface area contributed by atoms with Gasteiger partial charge in [0.15, 0.2) is 0 Å². The van der Waals surface area contributed by atoms with Crippen LogP contribution < -0.4 is 5.84 Å². The summed E-state index contributed by atoms with van der Waals surface area (Å²) in [6, 6.07) is 0.715. The van der Waals surface area contributed by atoms with Gasteiger partial charge in [-0.15, -0.1) is 0 Å². The van der Waals surface area contributed by atoms with Gasteiger partial charge < -0.3 is 10.9 Å². The number of likely N-dealkylation sites (N-methyl/N-ethyl adjacent to an activating group) is 1. The molecule has 2 aliphatic heterocycles. The van der Waals surface area contributed by atoms with Gasteiger partial charge in [0.1, 0.15) is 0 Å². The van der Waals surface area contributed by atoms with Gasteiger partial charge >= 0.3 is 0 Å². The molecule has 2 heterocycles. The van der Waals surface area contributed by atoms with E-state index in [2.05, 4.69) is 17.0 Å². The molecule has 0 saturated carbocycles. The van der Waals surface area contributed by atoms with E-state index in [-0.39, 0.29) is 12.1 Å². The molecule has 0 aliphatic carbocycles. The summed E-state index contributed by atoms with van der Waals surface area (Å²) < 4.78 is 0. The summed E-state index contributed by atoms with van der Waals surface area (Å²) in [5, 5.41) is 13.4. The lowest BCUT2D eigenvalue weighted by molar-refractivity contribution is 0.124. The van der Waals surface area contributed by atoms with Gasteiger partial charge in [-0.25, -0.2) is 0 Å². The van der Waals surface area contributed by atoms with Crippen molar-refractivity contribution in [3.8, 4) is 0 Å². The molecule has 4 heteroatoms. The molecule has 2 fully saturated rings. The van der Waals surface area contributed by atoms with Gasteiger partial charge in [0.25, 0.3) is 0 Å². The number of nitrogens with zero attached hydrogens (tertiary/aromatic N) is 2. The van der Waals surface area contributed by atoms with Gasteiger partial charge in [-0.1, -0.05) is 0 Å². The fourth-order valence-corrected chi connectivity index (χ4v) is 2.35. The van der Waals surface area contributed by atoms with Gasteiger partial charge in [0, 0.05) is 30.6 Å². The number of nitrogens with two attached hydrogens (primary N) is 1. The van der Waals surface area contributed by atoms with Crippen LogP contribution in [0.15, 0.2) is 5.10 Å². The van der Waals surface area contributed by atoms with E-state index in [9.17, 15) is 5.11 Å². The van der Waals surface area contributed by atoms with E-state index in [0.717, 1.165) is 25.0 Å². The van der Waals surface area contributed by atoms with Crippen LogP contribution in [0.4, 0.5) is 0 Å². The molecule has 4 nitrogen and oxygen atoms in total. The summed E-state index contributed by atoms with van der Waals surface area (Å²) in [6.07, 6.45) is 2.46. The third-order valence-electron chi connectivity index (χ3n) is 3.16. The summed E-state index contributed by atoms with van der Waals surface area (Å²) in [5.41, 5.74) is 1.06. The highest BCUT2D eigenvalue weighted by Crippen LogP contribution is 2.32. The second-order valence-corrected chi connectivity index (χ2v) is 3.79. The lowest BCUT2D eigenvalue weighted by Gasteiger charge is -2.31. The van der Waals surface area contributed by atoms with Gasteiger partial charge in [0.05, 0.1) is 6.10 Å². The van der Waals surface area contributed by atoms with Crippen molar-refractivity contribution in [1.29, 1.82) is 0 Å². The molecule has 68 valence electrons. The van der Waals surface area contributed by atoms with Crippen LogP contribution in [0.3, 0.4) is 0 Å². The molecule has 0 aromatic heterocycles. The van der Waals surface area contributed by atoms with Crippen LogP contribution in [-0.4, -0.2) is 41.0 Å². The molecule has 2 aliphatic rings. The minimum absolute atomic E-state index is 0.181. The van der Waals surface area contributed by atoms with Gasteiger partial charge in [-0.05, 0) is 13.5 Å². The summed E-state index contributed by atoms with van der Waals surface area (Å²) in [4.78, 5) is 2.25. The quantitative estimate of drug-likeness (QED) is 0.380. The molecular weight excluding hydrogens is 154 g/mol. The maximum absolute atomic E-state index is 9.65. The molecule has 3 atom stereocenters. The second kappa shape index (κ2) is 2.71. The topological polar surface area (TPSA) is 61.8 Å². The summed E-state index contributed by atoms with van der Waals surface area (Å²) >= 11 is 0. The van der Waals surface area contributed by atoms with Crippen molar-refractivity contribution in [2.45, 2.75) is 37.5 Å². The average molecular weight is 169 g/mol. The summed E-state index contributed by atoms with van der Waals surface area (Å²) in [6.45, 7) is 0. The first-order chi connectivity index (χ1) is 5.72. The zero-order valence-electron chi connectivity index (χ0n) is 7.27. The Labute approximate surface area is 72.0 Å². The molecule has 0 radical (unpaired) electrons. The fourth-order valence-electron chi connectivity index (χ4n) is 2.35. The van der Waals surface area contributed by atoms with E-state index in [1.807, 2.05) is 0 Å². The second-order valence-electron chi connectivity index (χ2n) is 3.79. The highest BCUT2D eigenvalue weighted by Gasteiger charge is 2.42. The molecule has 3 N–H and O–H groups in total. The fraction of sp³-hybridized carbons (Fsp3) is 0.875. The van der Waals surface area contributed by atoms with E-state index in [1.54, 1.807) is 0 Å². The van der Waals surface area contributed by atoms with Crippen molar-refractivity contribution in [2.24, 2.45) is 10.9 Å². The van der Waals surface area contributed by atoms with Crippen molar-refractivity contribution in [3.63, 3.8) is 0 Å². The average Bonchev–Trinajstić information content (AvgIpc) is 2.24. The first kappa shape index (κ1) is 8.01. The maximum atomic E-state index is 9.65. The first-order valence-corrected chi connectivity index (χ1v) is 4.38. The van der Waals surface area contributed by atoms with Crippen molar-refractivity contribution < 1.29 is 5.11 Å². The molecule has 2 saturated heterocycles. The Morgan fingerprint density at radius 3 is 2.92 bits per heavy atom. The van der Waals surface area contributed by atoms with Crippen molar-refractivity contribution in [1.82, 2.24) is 4.90 Å². The number of rotatable bonds is 0. The maximum Gasteiger partial charge on any atom is 0.0714 e. The number of aliphatic hydroxyl groups is 1. The van der Waals surface area contributed by atoms with E-state index in [4.69, 9.17) is 5.84 Å². The lowest BCUT2D eigenvalue weighted by Crippen LogP contribution is -2.42. The lowest BCUT2D eigenvalue weighted by atomic mass is 10.0. The zero-order chi connectivity index (χ0) is 8.72. The van der Waals surface area contributed by atoms with Crippen LogP contribution in [0.1, 0.15) is 19.3 Å². The first-order valence-electron chi connectivity index (χ1n) is 4.38. The standard InChI is InChI=1S/C8H15N3O/c1-11-6-2-5(10-9)3-7(11)8(12)4-6/h6-8,12H,2-4,9H2,1H3/b10-5-. The normalized spacial score (nSPS) is 45.5. The number of hydrogen-bond acceptors (Lipinski definition) is 4. The Balaban J connectivity index is 2.18. The Bertz CT molecular complexity index is 216. The third-order valence-corrected chi connectivity index (χ3v) is 3.16. The molecule has 0 spiro atoms. The van der Waals surface area contributed by atoms with Crippen LogP contribution >= 0.6 is 0 Å². The Hall–Kier alpha value is -0.610. The van der Waals surface area contributed by atoms with Crippen LogP contribution in [-0.2, 0) is 0 Å². The predicted octanol–water partition coefficient (Wildman–Crippen LogP) is -0.472. The molecule has 3 unspecified atom stereocenters. The van der Waals surface area contributed by atoms with Crippen LogP contribution in [0.25, 0.3) is 0 Å². The van der Waals surface area contributed by atoms with E-state index >= 15 is 0 Å². The Kier molecular flexibility index (Phi) is 1.81. The highest BCUT2D eigenvalue weighted by atomic mass is 16.3. The Morgan fingerprint density at radius 1 is 1.58 bits per heavy atom. The minimum atomic E-state index is -0.181. The predicted molar refractivity (Wildman–Crippen MR) is 46.8 cm³/mol. The largest absolute Gasteiger partial charge is 0.391 e. The van der Waals surface area contributed by atoms with E-state index in [1.165, 1.54) is 0 Å².